The molecule has 0 fully saturated rings. The van der Waals surface area contributed by atoms with E-state index in [1.807, 2.05) is 36.4 Å². The van der Waals surface area contributed by atoms with E-state index in [0.717, 1.165) is 28.0 Å². The van der Waals surface area contributed by atoms with Gasteiger partial charge in [0.15, 0.2) is 11.3 Å². The first-order valence-electron chi connectivity index (χ1n) is 13.6. The maximum absolute atomic E-state index is 11.4. The minimum absolute atomic E-state index is 0.0413. The van der Waals surface area contributed by atoms with Gasteiger partial charge in [-0.1, -0.05) is 48.5 Å². The third-order valence-corrected chi connectivity index (χ3v) is 17.1. The summed E-state index contributed by atoms with van der Waals surface area (Å²) in [6.45, 7) is 24.0. The zero-order valence-corrected chi connectivity index (χ0v) is 27.7. The molecular formula is C31H46O6Si2. The van der Waals surface area contributed by atoms with Gasteiger partial charge >= 0.3 is 5.97 Å². The lowest BCUT2D eigenvalue weighted by Gasteiger charge is -2.38. The van der Waals surface area contributed by atoms with Gasteiger partial charge in [0.1, 0.15) is 17.3 Å². The first-order chi connectivity index (χ1) is 17.7. The molecule has 6 nitrogen and oxygen atoms in total. The Morgan fingerprint density at radius 2 is 1.38 bits per heavy atom. The Hall–Kier alpha value is -2.72. The van der Waals surface area contributed by atoms with Gasteiger partial charge in [-0.2, -0.15) is 0 Å². The summed E-state index contributed by atoms with van der Waals surface area (Å²) in [7, 11) is -2.62. The summed E-state index contributed by atoms with van der Waals surface area (Å²) in [5.74, 6) is 1.48. The lowest BCUT2D eigenvalue weighted by molar-refractivity contribution is -0.141. The number of aliphatic carboxylic acids is 1. The van der Waals surface area contributed by atoms with E-state index in [2.05, 4.69) is 67.7 Å². The van der Waals surface area contributed by atoms with Crippen LogP contribution in [0.25, 0.3) is 22.3 Å². The zero-order chi connectivity index (χ0) is 29.6. The van der Waals surface area contributed by atoms with Crippen LogP contribution in [-0.2, 0) is 11.2 Å². The maximum atomic E-state index is 11.4. The van der Waals surface area contributed by atoms with Gasteiger partial charge in [0.05, 0.1) is 13.0 Å². The van der Waals surface area contributed by atoms with Crippen LogP contribution in [0.4, 0.5) is 0 Å². The number of carbonyl (C=O) groups is 1. The van der Waals surface area contributed by atoms with E-state index >= 15 is 0 Å². The monoisotopic (exact) mass is 570 g/mol. The fourth-order valence-corrected chi connectivity index (χ4v) is 5.79. The number of fused-ring (bicyclic) bond motifs is 1. The molecular weight excluding hydrogens is 525 g/mol. The number of hydrogen-bond donors (Lipinski definition) is 1. The van der Waals surface area contributed by atoms with Crippen molar-refractivity contribution in [2.24, 2.45) is 5.92 Å². The van der Waals surface area contributed by atoms with Crippen molar-refractivity contribution in [3.63, 3.8) is 0 Å². The molecule has 0 saturated heterocycles. The molecule has 0 aliphatic carbocycles. The van der Waals surface area contributed by atoms with Gasteiger partial charge in [0.25, 0.3) is 0 Å². The Morgan fingerprint density at radius 3 is 1.82 bits per heavy atom. The van der Waals surface area contributed by atoms with Crippen LogP contribution in [-0.4, -0.2) is 34.8 Å². The summed E-state index contributed by atoms with van der Waals surface area (Å²) in [5.41, 5.74) is 2.37. The average Bonchev–Trinajstić information content (AvgIpc) is 3.20. The second kappa shape index (κ2) is 10.7. The second-order valence-electron chi connectivity index (χ2n) is 13.7. The van der Waals surface area contributed by atoms with Gasteiger partial charge in [0.2, 0.25) is 16.6 Å². The predicted molar refractivity (Wildman–Crippen MR) is 164 cm³/mol. The summed E-state index contributed by atoms with van der Waals surface area (Å²) in [5, 5.41) is 10.3. The molecule has 2 aromatic carbocycles. The van der Waals surface area contributed by atoms with Crippen LogP contribution in [0, 0.1) is 5.92 Å². The van der Waals surface area contributed by atoms with Crippen molar-refractivity contribution in [2.45, 2.75) is 91.2 Å². The fourth-order valence-electron chi connectivity index (χ4n) is 3.76. The second-order valence-corrected chi connectivity index (χ2v) is 23.1. The van der Waals surface area contributed by atoms with Gasteiger partial charge < -0.3 is 23.1 Å². The number of benzene rings is 2. The van der Waals surface area contributed by atoms with Crippen LogP contribution in [0.3, 0.4) is 0 Å². The molecule has 1 aromatic heterocycles. The molecule has 0 radical (unpaired) electrons. The van der Waals surface area contributed by atoms with Gasteiger partial charge in [-0.05, 0) is 78.6 Å². The van der Waals surface area contributed by atoms with E-state index in [1.54, 1.807) is 14.0 Å². The van der Waals surface area contributed by atoms with Gasteiger partial charge in [-0.25, -0.2) is 0 Å². The molecule has 3 aromatic rings. The van der Waals surface area contributed by atoms with E-state index in [4.69, 9.17) is 18.0 Å². The minimum atomic E-state index is -2.11. The van der Waals surface area contributed by atoms with E-state index in [-0.39, 0.29) is 10.1 Å². The molecule has 0 amide bonds. The summed E-state index contributed by atoms with van der Waals surface area (Å²) >= 11 is 0. The third-order valence-electron chi connectivity index (χ3n) is 8.35. The minimum Gasteiger partial charge on any atom is -0.543 e. The van der Waals surface area contributed by atoms with E-state index in [9.17, 15) is 9.90 Å². The fraction of sp³-hybridized carbons (Fsp3) is 0.516. The zero-order valence-electron chi connectivity index (χ0n) is 25.7. The average molecular weight is 571 g/mol. The molecule has 1 atom stereocenters. The van der Waals surface area contributed by atoms with Crippen LogP contribution >= 0.6 is 0 Å². The molecule has 39 heavy (non-hydrogen) atoms. The summed E-state index contributed by atoms with van der Waals surface area (Å²) in [4.78, 5) is 11.4. The number of carboxylic acids is 1. The number of carboxylic acid groups (broad SMARTS) is 1. The molecule has 0 aliphatic heterocycles. The predicted octanol–water partition coefficient (Wildman–Crippen LogP) is 9.14. The summed E-state index contributed by atoms with van der Waals surface area (Å²) < 4.78 is 25.4. The highest BCUT2D eigenvalue weighted by Gasteiger charge is 2.41. The Bertz CT molecular complexity index is 1300. The summed E-state index contributed by atoms with van der Waals surface area (Å²) in [6, 6.07) is 11.9. The number of rotatable bonds is 9. The van der Waals surface area contributed by atoms with Crippen LogP contribution in [0.15, 0.2) is 40.8 Å². The first kappa shape index (κ1) is 30.8. The highest BCUT2D eigenvalue weighted by molar-refractivity contribution is 6.75. The third kappa shape index (κ3) is 6.90. The van der Waals surface area contributed by atoms with E-state index in [1.165, 1.54) is 0 Å². The van der Waals surface area contributed by atoms with Gasteiger partial charge in [-0.3, -0.25) is 4.79 Å². The molecule has 8 heteroatoms. The van der Waals surface area contributed by atoms with Crippen molar-refractivity contribution in [1.29, 1.82) is 0 Å². The highest BCUT2D eigenvalue weighted by Crippen LogP contribution is 2.43. The van der Waals surface area contributed by atoms with E-state index < -0.39 is 28.5 Å². The van der Waals surface area contributed by atoms with Gasteiger partial charge in [0, 0.05) is 17.0 Å². The van der Waals surface area contributed by atoms with Crippen LogP contribution in [0.1, 0.15) is 54.0 Å². The molecule has 0 bridgehead atoms. The maximum Gasteiger partial charge on any atom is 0.306 e. The number of furan rings is 1. The molecule has 214 valence electrons. The molecule has 1 unspecified atom stereocenters. The SMILES string of the molecule is COc1cc(CC(C)C(=O)O)cc2cc(-c3cc(O[Si](C)(C)C(C)(C)C)cc(O[Si](C)(C)C(C)(C)C)c3)oc12. The molecule has 0 spiro atoms. The molecule has 1 heterocycles. The topological polar surface area (TPSA) is 78.1 Å². The lowest BCUT2D eigenvalue weighted by atomic mass is 10.00. The Morgan fingerprint density at radius 1 is 0.872 bits per heavy atom. The Kier molecular flexibility index (Phi) is 8.45. The highest BCUT2D eigenvalue weighted by atomic mass is 28.4. The van der Waals surface area contributed by atoms with E-state index in [0.29, 0.717) is 23.5 Å². The Balaban J connectivity index is 2.15. The van der Waals surface area contributed by atoms with Crippen molar-refractivity contribution in [2.75, 3.05) is 7.11 Å². The number of ether oxygens (including phenoxy) is 1. The standard InChI is InChI=1S/C31H46O6Si2/c1-20(29(32)33)13-21-14-23-18-26(35-28(23)27(15-21)34-8)22-16-24(36-38(9,10)30(2,3)4)19-25(17-22)37-39(11,12)31(5,6)7/h14-20H,13H2,1-12H3,(H,32,33). The molecule has 0 aliphatic rings. The van der Waals surface area contributed by atoms with Crippen LogP contribution < -0.4 is 13.6 Å². The van der Waals surface area contributed by atoms with Crippen molar-refractivity contribution >= 4 is 33.6 Å². The van der Waals surface area contributed by atoms with Crippen molar-refractivity contribution in [3.05, 3.63) is 42.0 Å². The molecule has 3 rings (SSSR count). The first-order valence-corrected chi connectivity index (χ1v) is 19.4. The van der Waals surface area contributed by atoms with Crippen molar-refractivity contribution < 1.29 is 27.9 Å². The van der Waals surface area contributed by atoms with Crippen molar-refractivity contribution in [3.8, 4) is 28.6 Å². The Labute approximate surface area is 235 Å². The normalized spacial score (nSPS) is 13.8. The van der Waals surface area contributed by atoms with Crippen LogP contribution in [0.2, 0.25) is 36.3 Å². The largest absolute Gasteiger partial charge is 0.543 e. The lowest BCUT2D eigenvalue weighted by Crippen LogP contribution is -2.44. The van der Waals surface area contributed by atoms with Gasteiger partial charge in [-0.15, -0.1) is 0 Å². The summed E-state index contributed by atoms with van der Waals surface area (Å²) in [6.07, 6.45) is 0.405. The molecule has 0 saturated carbocycles. The van der Waals surface area contributed by atoms with Crippen LogP contribution in [0.5, 0.6) is 17.2 Å². The molecule has 1 N–H and O–H groups in total. The number of methoxy groups -OCH3 is 1. The van der Waals surface area contributed by atoms with Crippen molar-refractivity contribution in [1.82, 2.24) is 0 Å². The quantitative estimate of drug-likeness (QED) is 0.258. The smallest absolute Gasteiger partial charge is 0.306 e. The number of hydrogen-bond acceptors (Lipinski definition) is 5.